The van der Waals surface area contributed by atoms with Crippen molar-refractivity contribution in [1.82, 2.24) is 20.3 Å². The van der Waals surface area contributed by atoms with E-state index in [0.29, 0.717) is 12.8 Å². The number of Topliss-reactive ketones (excluding diaryl/α,β-unsaturated/α-hetero) is 1. The largest absolute Gasteiger partial charge is 0.396 e. The molecule has 0 saturated heterocycles. The van der Waals surface area contributed by atoms with Crippen molar-refractivity contribution < 1.29 is 14.7 Å². The Morgan fingerprint density at radius 3 is 2.70 bits per heavy atom. The monoisotopic (exact) mass is 282 g/mol. The maximum Gasteiger partial charge on any atom is 0.242 e. The van der Waals surface area contributed by atoms with Gasteiger partial charge in [0.25, 0.3) is 0 Å². The molecule has 0 fully saturated rings. The molecule has 0 aromatic carbocycles. The molecule has 1 aromatic rings. The summed E-state index contributed by atoms with van der Waals surface area (Å²) in [4.78, 5) is 23.3. The molecule has 1 unspecified atom stereocenters. The molecular formula is C13H22N4O3. The summed E-state index contributed by atoms with van der Waals surface area (Å²) in [5.41, 5.74) is 0.735. The summed E-state index contributed by atoms with van der Waals surface area (Å²) in [6, 6.07) is -0.472. The molecule has 112 valence electrons. The molecule has 0 saturated carbocycles. The molecule has 1 amide bonds. The average molecular weight is 282 g/mol. The number of carbonyl (C=O) groups is 2. The highest BCUT2D eigenvalue weighted by Gasteiger charge is 2.20. The van der Waals surface area contributed by atoms with Crippen molar-refractivity contribution in [2.75, 3.05) is 6.61 Å². The number of ketones is 1. The van der Waals surface area contributed by atoms with Crippen molar-refractivity contribution in [3.63, 3.8) is 0 Å². The second-order valence-corrected chi connectivity index (χ2v) is 5.13. The maximum atomic E-state index is 11.9. The number of aryl methyl sites for hydroxylation is 1. The van der Waals surface area contributed by atoms with Gasteiger partial charge in [0.1, 0.15) is 6.54 Å². The molecule has 20 heavy (non-hydrogen) atoms. The molecule has 1 atom stereocenters. The van der Waals surface area contributed by atoms with Gasteiger partial charge in [-0.25, -0.2) is 4.68 Å². The average Bonchev–Trinajstić information content (AvgIpc) is 2.80. The van der Waals surface area contributed by atoms with Crippen molar-refractivity contribution in [2.24, 2.45) is 5.92 Å². The van der Waals surface area contributed by atoms with Gasteiger partial charge in [-0.2, -0.15) is 0 Å². The van der Waals surface area contributed by atoms with Gasteiger partial charge < -0.3 is 10.4 Å². The minimum atomic E-state index is -0.472. The fraction of sp³-hybridized carbons (Fsp3) is 0.692. The van der Waals surface area contributed by atoms with Gasteiger partial charge in [0.05, 0.1) is 11.7 Å². The van der Waals surface area contributed by atoms with Crippen molar-refractivity contribution in [3.05, 3.63) is 11.9 Å². The van der Waals surface area contributed by atoms with Gasteiger partial charge in [0.15, 0.2) is 5.78 Å². The van der Waals surface area contributed by atoms with Crippen LogP contribution in [0.1, 0.15) is 32.9 Å². The Balaban J connectivity index is 2.53. The zero-order valence-electron chi connectivity index (χ0n) is 12.2. The van der Waals surface area contributed by atoms with Gasteiger partial charge in [0.2, 0.25) is 5.91 Å². The van der Waals surface area contributed by atoms with E-state index in [1.807, 2.05) is 13.8 Å². The summed E-state index contributed by atoms with van der Waals surface area (Å²) in [6.45, 7) is 5.36. The standard InChI is InChI=1S/C13H22N4O3/c1-9(2)13(10(3)19)14-12(20)8-17-7-11(15-16-17)5-4-6-18/h7,9,13,18H,4-6,8H2,1-3H3,(H,14,20). The minimum Gasteiger partial charge on any atom is -0.396 e. The Hall–Kier alpha value is -1.76. The number of aliphatic hydroxyl groups excluding tert-OH is 1. The number of nitrogens with zero attached hydrogens (tertiary/aromatic N) is 3. The topological polar surface area (TPSA) is 97.1 Å². The number of hydrogen-bond acceptors (Lipinski definition) is 5. The molecule has 0 bridgehead atoms. The van der Waals surface area contributed by atoms with Crippen LogP contribution >= 0.6 is 0 Å². The van der Waals surface area contributed by atoms with Gasteiger partial charge in [0, 0.05) is 12.8 Å². The molecule has 0 aliphatic heterocycles. The second kappa shape index (κ2) is 7.74. The Labute approximate surface area is 118 Å². The van der Waals surface area contributed by atoms with Crippen molar-refractivity contribution in [1.29, 1.82) is 0 Å². The summed E-state index contributed by atoms with van der Waals surface area (Å²) in [6.07, 6.45) is 2.91. The predicted molar refractivity (Wildman–Crippen MR) is 72.9 cm³/mol. The molecule has 1 rings (SSSR count). The lowest BCUT2D eigenvalue weighted by atomic mass is 10.0. The second-order valence-electron chi connectivity index (χ2n) is 5.13. The maximum absolute atomic E-state index is 11.9. The number of hydrogen-bond donors (Lipinski definition) is 2. The molecule has 0 aliphatic rings. The van der Waals surface area contributed by atoms with Crippen LogP contribution in [-0.4, -0.2) is 44.4 Å². The molecule has 1 aromatic heterocycles. The number of carbonyl (C=O) groups excluding carboxylic acids is 2. The lowest BCUT2D eigenvalue weighted by Gasteiger charge is -2.19. The van der Waals surface area contributed by atoms with E-state index in [1.54, 1.807) is 6.20 Å². The van der Waals surface area contributed by atoms with Crippen LogP contribution in [0, 0.1) is 5.92 Å². The zero-order valence-corrected chi connectivity index (χ0v) is 12.2. The number of aliphatic hydroxyl groups is 1. The normalized spacial score (nSPS) is 12.4. The fourth-order valence-electron chi connectivity index (χ4n) is 1.89. The highest BCUT2D eigenvalue weighted by Crippen LogP contribution is 2.03. The molecular weight excluding hydrogens is 260 g/mol. The van der Waals surface area contributed by atoms with Crippen LogP contribution in [0.3, 0.4) is 0 Å². The highest BCUT2D eigenvalue weighted by molar-refractivity contribution is 5.87. The molecule has 0 spiro atoms. The summed E-state index contributed by atoms with van der Waals surface area (Å²) in [5, 5.41) is 19.2. The van der Waals surface area contributed by atoms with Crippen LogP contribution in [-0.2, 0) is 22.6 Å². The van der Waals surface area contributed by atoms with E-state index in [9.17, 15) is 9.59 Å². The number of rotatable bonds is 8. The van der Waals surface area contributed by atoms with E-state index in [-0.39, 0.29) is 30.8 Å². The third-order valence-electron chi connectivity index (χ3n) is 2.90. The number of nitrogens with one attached hydrogen (secondary N) is 1. The summed E-state index contributed by atoms with van der Waals surface area (Å²) in [7, 11) is 0. The smallest absolute Gasteiger partial charge is 0.242 e. The first-order valence-electron chi connectivity index (χ1n) is 6.73. The Kier molecular flexibility index (Phi) is 6.30. The summed E-state index contributed by atoms with van der Waals surface area (Å²) >= 11 is 0. The van der Waals surface area contributed by atoms with E-state index >= 15 is 0 Å². The Bertz CT molecular complexity index is 456. The first-order chi connectivity index (χ1) is 9.43. The van der Waals surface area contributed by atoms with E-state index in [4.69, 9.17) is 5.11 Å². The molecule has 2 N–H and O–H groups in total. The minimum absolute atomic E-state index is 0.0304. The number of amides is 1. The van der Waals surface area contributed by atoms with E-state index in [1.165, 1.54) is 11.6 Å². The Morgan fingerprint density at radius 1 is 1.45 bits per heavy atom. The first kappa shape index (κ1) is 16.3. The molecule has 7 nitrogen and oxygen atoms in total. The summed E-state index contributed by atoms with van der Waals surface area (Å²) in [5.74, 6) is -0.277. The molecule has 0 aliphatic carbocycles. The van der Waals surface area contributed by atoms with Gasteiger partial charge in [-0.05, 0) is 25.7 Å². The van der Waals surface area contributed by atoms with Crippen molar-refractivity contribution in [2.45, 2.75) is 46.2 Å². The fourth-order valence-corrected chi connectivity index (χ4v) is 1.89. The van der Waals surface area contributed by atoms with Crippen LogP contribution in [0.25, 0.3) is 0 Å². The van der Waals surface area contributed by atoms with Gasteiger partial charge in [-0.15, -0.1) is 5.10 Å². The quantitative estimate of drug-likeness (QED) is 0.696. The lowest BCUT2D eigenvalue weighted by Crippen LogP contribution is -2.44. The number of aromatic nitrogens is 3. The van der Waals surface area contributed by atoms with Crippen LogP contribution in [0.2, 0.25) is 0 Å². The SMILES string of the molecule is CC(=O)C(NC(=O)Cn1cc(CCCO)nn1)C(C)C. The highest BCUT2D eigenvalue weighted by atomic mass is 16.3. The predicted octanol–water partition coefficient (Wildman–Crippen LogP) is -0.0672. The van der Waals surface area contributed by atoms with Crippen LogP contribution in [0.4, 0.5) is 0 Å². The van der Waals surface area contributed by atoms with Crippen LogP contribution in [0.5, 0.6) is 0 Å². The first-order valence-corrected chi connectivity index (χ1v) is 6.73. The zero-order chi connectivity index (χ0) is 15.1. The Morgan fingerprint density at radius 2 is 2.15 bits per heavy atom. The lowest BCUT2D eigenvalue weighted by molar-refractivity contribution is -0.128. The molecule has 1 heterocycles. The molecule has 0 radical (unpaired) electrons. The van der Waals surface area contributed by atoms with Gasteiger partial charge in [-0.1, -0.05) is 19.1 Å². The van der Waals surface area contributed by atoms with E-state index in [0.717, 1.165) is 5.69 Å². The van der Waals surface area contributed by atoms with Crippen molar-refractivity contribution >= 4 is 11.7 Å². The van der Waals surface area contributed by atoms with E-state index in [2.05, 4.69) is 15.6 Å². The third kappa shape index (κ3) is 5.08. The molecule has 7 heteroatoms. The third-order valence-corrected chi connectivity index (χ3v) is 2.90. The van der Waals surface area contributed by atoms with Crippen LogP contribution < -0.4 is 5.32 Å². The van der Waals surface area contributed by atoms with Gasteiger partial charge >= 0.3 is 0 Å². The van der Waals surface area contributed by atoms with Crippen molar-refractivity contribution in [3.8, 4) is 0 Å². The van der Waals surface area contributed by atoms with Gasteiger partial charge in [-0.3, -0.25) is 9.59 Å². The summed E-state index contributed by atoms with van der Waals surface area (Å²) < 4.78 is 1.43. The van der Waals surface area contributed by atoms with E-state index < -0.39 is 6.04 Å². The van der Waals surface area contributed by atoms with Crippen LogP contribution in [0.15, 0.2) is 6.20 Å².